The number of rotatable bonds is 5. The Hall–Kier alpha value is -0.0800. The lowest BCUT2D eigenvalue weighted by atomic mass is 9.91. The predicted octanol–water partition coefficient (Wildman–Crippen LogP) is 2.33. The molecule has 1 aliphatic heterocycles. The van der Waals surface area contributed by atoms with Crippen LogP contribution < -0.4 is 5.32 Å². The van der Waals surface area contributed by atoms with Crippen molar-refractivity contribution in [3.63, 3.8) is 0 Å². The van der Waals surface area contributed by atoms with E-state index in [1.165, 1.54) is 32.2 Å². The fourth-order valence-electron chi connectivity index (χ4n) is 2.27. The highest BCUT2D eigenvalue weighted by molar-refractivity contribution is 4.84. The fourth-order valence-corrected chi connectivity index (χ4v) is 2.27. The Morgan fingerprint density at radius 2 is 2.31 bits per heavy atom. The molecule has 0 aromatic rings. The molecule has 1 heterocycles. The highest BCUT2D eigenvalue weighted by atomic mass is 16.5. The molecule has 1 unspecified atom stereocenters. The molecule has 0 aliphatic carbocycles. The maximum Gasteiger partial charge on any atom is 0.0665 e. The second-order valence-electron chi connectivity index (χ2n) is 4.40. The minimum Gasteiger partial charge on any atom is -0.378 e. The third-order valence-corrected chi connectivity index (χ3v) is 3.11. The molecule has 2 heteroatoms. The van der Waals surface area contributed by atoms with Crippen molar-refractivity contribution in [3.05, 3.63) is 0 Å². The SMILES string of the molecule is CCC[C@@](C)(CC1CCCN1)OC. The summed E-state index contributed by atoms with van der Waals surface area (Å²) in [6.07, 6.45) is 6.19. The van der Waals surface area contributed by atoms with Crippen LogP contribution in [0.2, 0.25) is 0 Å². The van der Waals surface area contributed by atoms with Gasteiger partial charge in [-0.1, -0.05) is 13.3 Å². The van der Waals surface area contributed by atoms with Crippen molar-refractivity contribution in [3.8, 4) is 0 Å². The molecule has 0 radical (unpaired) electrons. The lowest BCUT2D eigenvalue weighted by molar-refractivity contribution is -0.0150. The first-order valence-corrected chi connectivity index (χ1v) is 5.49. The van der Waals surface area contributed by atoms with E-state index in [1.807, 2.05) is 7.11 Å². The van der Waals surface area contributed by atoms with Crippen LogP contribution in [0.15, 0.2) is 0 Å². The molecule has 0 amide bonds. The minimum absolute atomic E-state index is 0.0940. The predicted molar refractivity (Wildman–Crippen MR) is 56.0 cm³/mol. The van der Waals surface area contributed by atoms with Crippen LogP contribution in [0.3, 0.4) is 0 Å². The zero-order valence-electron chi connectivity index (χ0n) is 9.23. The number of methoxy groups -OCH3 is 1. The minimum atomic E-state index is 0.0940. The van der Waals surface area contributed by atoms with E-state index in [4.69, 9.17) is 4.74 Å². The van der Waals surface area contributed by atoms with Gasteiger partial charge in [0.2, 0.25) is 0 Å². The highest BCUT2D eigenvalue weighted by Crippen LogP contribution is 2.25. The van der Waals surface area contributed by atoms with Gasteiger partial charge in [-0.2, -0.15) is 0 Å². The van der Waals surface area contributed by atoms with E-state index in [-0.39, 0.29) is 5.60 Å². The van der Waals surface area contributed by atoms with Crippen LogP contribution in [0, 0.1) is 0 Å². The van der Waals surface area contributed by atoms with Gasteiger partial charge in [0.1, 0.15) is 0 Å². The first-order chi connectivity index (χ1) is 6.20. The smallest absolute Gasteiger partial charge is 0.0665 e. The average Bonchev–Trinajstić information content (AvgIpc) is 2.57. The van der Waals surface area contributed by atoms with Crippen molar-refractivity contribution < 1.29 is 4.74 Å². The molecule has 2 nitrogen and oxygen atoms in total. The molecule has 0 bridgehead atoms. The summed E-state index contributed by atoms with van der Waals surface area (Å²) in [7, 11) is 1.84. The summed E-state index contributed by atoms with van der Waals surface area (Å²) < 4.78 is 5.60. The summed E-state index contributed by atoms with van der Waals surface area (Å²) in [4.78, 5) is 0. The Labute approximate surface area is 82.0 Å². The van der Waals surface area contributed by atoms with Crippen LogP contribution >= 0.6 is 0 Å². The monoisotopic (exact) mass is 185 g/mol. The largest absolute Gasteiger partial charge is 0.378 e. The lowest BCUT2D eigenvalue weighted by Gasteiger charge is -2.30. The zero-order chi connectivity index (χ0) is 9.73. The van der Waals surface area contributed by atoms with E-state index in [2.05, 4.69) is 19.2 Å². The van der Waals surface area contributed by atoms with Crippen LogP contribution in [0.4, 0.5) is 0 Å². The van der Waals surface area contributed by atoms with Crippen molar-refractivity contribution in [1.82, 2.24) is 5.32 Å². The van der Waals surface area contributed by atoms with Gasteiger partial charge in [0.15, 0.2) is 0 Å². The summed E-state index contributed by atoms with van der Waals surface area (Å²) in [5.74, 6) is 0. The number of ether oxygens (including phenoxy) is 1. The molecule has 1 saturated heterocycles. The van der Waals surface area contributed by atoms with Gasteiger partial charge in [-0.25, -0.2) is 0 Å². The fraction of sp³-hybridized carbons (Fsp3) is 1.00. The topological polar surface area (TPSA) is 21.3 Å². The Morgan fingerprint density at radius 1 is 1.54 bits per heavy atom. The molecule has 2 atom stereocenters. The van der Waals surface area contributed by atoms with Crippen LogP contribution in [0.25, 0.3) is 0 Å². The normalized spacial score (nSPS) is 27.5. The van der Waals surface area contributed by atoms with E-state index < -0.39 is 0 Å². The van der Waals surface area contributed by atoms with Gasteiger partial charge in [-0.15, -0.1) is 0 Å². The second-order valence-corrected chi connectivity index (χ2v) is 4.40. The van der Waals surface area contributed by atoms with Gasteiger partial charge in [0, 0.05) is 13.2 Å². The first-order valence-electron chi connectivity index (χ1n) is 5.49. The molecular formula is C11H23NO. The summed E-state index contributed by atoms with van der Waals surface area (Å²) in [6, 6.07) is 0.691. The third kappa shape index (κ3) is 3.28. The Morgan fingerprint density at radius 3 is 2.77 bits per heavy atom. The number of hydrogen-bond donors (Lipinski definition) is 1. The Kier molecular flexibility index (Phi) is 4.20. The number of nitrogens with one attached hydrogen (secondary N) is 1. The van der Waals surface area contributed by atoms with E-state index >= 15 is 0 Å². The Balaban J connectivity index is 2.36. The van der Waals surface area contributed by atoms with Crippen molar-refractivity contribution >= 4 is 0 Å². The van der Waals surface area contributed by atoms with Gasteiger partial charge in [0.05, 0.1) is 5.60 Å². The lowest BCUT2D eigenvalue weighted by Crippen LogP contribution is -2.36. The summed E-state index contributed by atoms with van der Waals surface area (Å²) in [6.45, 7) is 5.65. The van der Waals surface area contributed by atoms with E-state index in [0.29, 0.717) is 6.04 Å². The van der Waals surface area contributed by atoms with E-state index in [1.54, 1.807) is 0 Å². The van der Waals surface area contributed by atoms with E-state index in [9.17, 15) is 0 Å². The standard InChI is InChI=1S/C11H23NO/c1-4-7-11(2,13-3)9-10-6-5-8-12-10/h10,12H,4-9H2,1-3H3/t10?,11-/m0/s1. The molecule has 13 heavy (non-hydrogen) atoms. The van der Waals surface area contributed by atoms with Crippen LogP contribution in [0.5, 0.6) is 0 Å². The van der Waals surface area contributed by atoms with Gasteiger partial charge in [-0.05, 0) is 39.2 Å². The molecule has 0 spiro atoms. The summed E-state index contributed by atoms with van der Waals surface area (Å²) in [5.41, 5.74) is 0.0940. The third-order valence-electron chi connectivity index (χ3n) is 3.11. The van der Waals surface area contributed by atoms with E-state index in [0.717, 1.165) is 6.42 Å². The summed E-state index contributed by atoms with van der Waals surface area (Å²) >= 11 is 0. The molecule has 1 fully saturated rings. The molecule has 78 valence electrons. The molecule has 0 aromatic heterocycles. The quantitative estimate of drug-likeness (QED) is 0.710. The molecule has 1 N–H and O–H groups in total. The summed E-state index contributed by atoms with van der Waals surface area (Å²) in [5, 5.41) is 3.52. The first kappa shape index (κ1) is 11.0. The molecular weight excluding hydrogens is 162 g/mol. The highest BCUT2D eigenvalue weighted by Gasteiger charge is 2.28. The number of hydrogen-bond acceptors (Lipinski definition) is 2. The molecule has 1 rings (SSSR count). The van der Waals surface area contributed by atoms with Gasteiger partial charge >= 0.3 is 0 Å². The van der Waals surface area contributed by atoms with Gasteiger partial charge in [-0.3, -0.25) is 0 Å². The molecule has 1 aliphatic rings. The van der Waals surface area contributed by atoms with Crippen molar-refractivity contribution in [1.29, 1.82) is 0 Å². The maximum atomic E-state index is 5.60. The molecule has 0 saturated carbocycles. The van der Waals surface area contributed by atoms with Crippen LogP contribution in [-0.4, -0.2) is 25.3 Å². The van der Waals surface area contributed by atoms with Crippen molar-refractivity contribution in [2.24, 2.45) is 0 Å². The molecule has 0 aromatic carbocycles. The second kappa shape index (κ2) is 4.97. The van der Waals surface area contributed by atoms with Crippen molar-refractivity contribution in [2.45, 2.75) is 57.6 Å². The maximum absolute atomic E-state index is 5.60. The van der Waals surface area contributed by atoms with Gasteiger partial charge in [0.25, 0.3) is 0 Å². The van der Waals surface area contributed by atoms with Crippen LogP contribution in [-0.2, 0) is 4.74 Å². The average molecular weight is 185 g/mol. The van der Waals surface area contributed by atoms with Crippen molar-refractivity contribution in [2.75, 3.05) is 13.7 Å². The Bertz CT molecular complexity index is 143. The van der Waals surface area contributed by atoms with Gasteiger partial charge < -0.3 is 10.1 Å². The van der Waals surface area contributed by atoms with Crippen LogP contribution in [0.1, 0.15) is 46.0 Å². The zero-order valence-corrected chi connectivity index (χ0v) is 9.23.